The molecule has 0 saturated heterocycles. The summed E-state index contributed by atoms with van der Waals surface area (Å²) in [6.07, 6.45) is -4.73. The molecule has 3 aromatic carbocycles. The van der Waals surface area contributed by atoms with Crippen LogP contribution in [0.15, 0.2) is 91.0 Å². The fraction of sp³-hybridized carbons (Fsp3) is 0.0435. The molecule has 1 N–H and O–H groups in total. The zero-order valence-electron chi connectivity index (χ0n) is 15.6. The van der Waals surface area contributed by atoms with E-state index in [1.165, 1.54) is 24.3 Å². The molecule has 0 aliphatic carbocycles. The minimum Gasteiger partial charge on any atom is -0.406 e. The summed E-state index contributed by atoms with van der Waals surface area (Å²) in [6.45, 7) is 0. The number of aromatic nitrogens is 2. The predicted octanol–water partition coefficient (Wildman–Crippen LogP) is 6.45. The molecule has 0 fully saturated rings. The normalized spacial score (nSPS) is 11.2. The summed E-state index contributed by atoms with van der Waals surface area (Å²) in [5, 5.41) is 3.13. The molecule has 0 aliphatic heterocycles. The van der Waals surface area contributed by atoms with Crippen molar-refractivity contribution in [1.82, 2.24) is 9.97 Å². The van der Waals surface area contributed by atoms with Gasteiger partial charge in [-0.2, -0.15) is 0 Å². The van der Waals surface area contributed by atoms with Gasteiger partial charge in [0.2, 0.25) is 0 Å². The van der Waals surface area contributed by atoms with Crippen LogP contribution in [-0.2, 0) is 0 Å². The van der Waals surface area contributed by atoms with Crippen molar-refractivity contribution in [3.05, 3.63) is 91.0 Å². The minimum atomic E-state index is -4.73. The fourth-order valence-corrected chi connectivity index (χ4v) is 2.87. The zero-order chi connectivity index (χ0) is 21.0. The number of rotatable bonds is 5. The lowest BCUT2D eigenvalue weighted by atomic mass is 10.1. The molecule has 4 aromatic rings. The Labute approximate surface area is 171 Å². The highest BCUT2D eigenvalue weighted by Crippen LogP contribution is 2.28. The maximum atomic E-state index is 12.3. The molecule has 0 amide bonds. The van der Waals surface area contributed by atoms with Crippen molar-refractivity contribution in [1.29, 1.82) is 0 Å². The van der Waals surface area contributed by atoms with Crippen LogP contribution in [0, 0.1) is 0 Å². The largest absolute Gasteiger partial charge is 0.573 e. The van der Waals surface area contributed by atoms with Crippen LogP contribution in [0.4, 0.5) is 24.7 Å². The summed E-state index contributed by atoms with van der Waals surface area (Å²) in [5.74, 6) is 0.773. The molecule has 0 radical (unpaired) electrons. The first kappa shape index (κ1) is 19.4. The molecule has 0 unspecified atom stereocenters. The van der Waals surface area contributed by atoms with Crippen molar-refractivity contribution in [2.75, 3.05) is 5.32 Å². The summed E-state index contributed by atoms with van der Waals surface area (Å²) >= 11 is 0. The number of nitrogens with zero attached hydrogens (tertiary/aromatic N) is 2. The van der Waals surface area contributed by atoms with E-state index in [-0.39, 0.29) is 5.75 Å². The minimum absolute atomic E-state index is 0.286. The molecule has 150 valence electrons. The van der Waals surface area contributed by atoms with E-state index < -0.39 is 6.36 Å². The third-order valence-corrected chi connectivity index (χ3v) is 4.19. The Balaban J connectivity index is 1.67. The molecule has 0 saturated carbocycles. The Bertz CT molecular complexity index is 1060. The lowest BCUT2D eigenvalue weighted by Crippen LogP contribution is -2.16. The van der Waals surface area contributed by atoms with E-state index in [0.29, 0.717) is 17.3 Å². The number of alkyl halides is 3. The molecule has 7 heteroatoms. The number of nitrogens with one attached hydrogen (secondary N) is 1. The van der Waals surface area contributed by atoms with Gasteiger partial charge in [-0.3, -0.25) is 0 Å². The molecule has 1 aromatic heterocycles. The van der Waals surface area contributed by atoms with Gasteiger partial charge in [0, 0.05) is 22.9 Å². The molecule has 0 aliphatic rings. The summed E-state index contributed by atoms with van der Waals surface area (Å²) in [5.41, 5.74) is 3.08. The lowest BCUT2D eigenvalue weighted by molar-refractivity contribution is -0.274. The molecule has 0 spiro atoms. The summed E-state index contributed by atoms with van der Waals surface area (Å²) in [6, 6.07) is 26.5. The highest BCUT2D eigenvalue weighted by atomic mass is 19.4. The Morgan fingerprint density at radius 3 is 1.90 bits per heavy atom. The number of anilines is 2. The van der Waals surface area contributed by atoms with Crippen LogP contribution >= 0.6 is 0 Å². The average molecular weight is 407 g/mol. The Hall–Kier alpha value is -3.87. The quantitative estimate of drug-likeness (QED) is 0.413. The van der Waals surface area contributed by atoms with Crippen molar-refractivity contribution >= 4 is 11.5 Å². The molecular formula is C23H16F3N3O. The van der Waals surface area contributed by atoms with Crippen molar-refractivity contribution in [3.8, 4) is 28.4 Å². The lowest BCUT2D eigenvalue weighted by Gasteiger charge is -2.12. The van der Waals surface area contributed by atoms with Crippen LogP contribution in [0.1, 0.15) is 0 Å². The van der Waals surface area contributed by atoms with E-state index >= 15 is 0 Å². The monoisotopic (exact) mass is 407 g/mol. The third-order valence-electron chi connectivity index (χ3n) is 4.19. The third kappa shape index (κ3) is 4.94. The van der Waals surface area contributed by atoms with E-state index in [9.17, 15) is 13.2 Å². The Morgan fingerprint density at radius 2 is 1.30 bits per heavy atom. The molecule has 30 heavy (non-hydrogen) atoms. The number of ether oxygens (including phenoxy) is 1. The van der Waals surface area contributed by atoms with Gasteiger partial charge in [-0.25, -0.2) is 9.97 Å². The molecule has 4 nitrogen and oxygen atoms in total. The van der Waals surface area contributed by atoms with Gasteiger partial charge in [0.15, 0.2) is 5.82 Å². The van der Waals surface area contributed by atoms with E-state index in [1.807, 2.05) is 60.7 Å². The number of hydrogen-bond acceptors (Lipinski definition) is 4. The van der Waals surface area contributed by atoms with Crippen LogP contribution in [0.3, 0.4) is 0 Å². The number of hydrogen-bond donors (Lipinski definition) is 1. The van der Waals surface area contributed by atoms with E-state index in [0.717, 1.165) is 16.8 Å². The highest BCUT2D eigenvalue weighted by molar-refractivity contribution is 5.70. The second-order valence-electron chi connectivity index (χ2n) is 6.39. The van der Waals surface area contributed by atoms with E-state index in [2.05, 4.69) is 20.0 Å². The first-order chi connectivity index (χ1) is 14.5. The van der Waals surface area contributed by atoms with Crippen molar-refractivity contribution in [3.63, 3.8) is 0 Å². The van der Waals surface area contributed by atoms with Gasteiger partial charge in [-0.05, 0) is 24.3 Å². The van der Waals surface area contributed by atoms with Crippen molar-refractivity contribution in [2.45, 2.75) is 6.36 Å². The molecule has 1 heterocycles. The Kier molecular flexibility index (Phi) is 5.34. The molecule has 0 atom stereocenters. The second-order valence-corrected chi connectivity index (χ2v) is 6.39. The average Bonchev–Trinajstić information content (AvgIpc) is 2.75. The fourth-order valence-electron chi connectivity index (χ4n) is 2.87. The van der Waals surface area contributed by atoms with Gasteiger partial charge in [-0.1, -0.05) is 60.7 Å². The smallest absolute Gasteiger partial charge is 0.406 e. The van der Waals surface area contributed by atoms with E-state index in [4.69, 9.17) is 0 Å². The summed E-state index contributed by atoms with van der Waals surface area (Å²) in [4.78, 5) is 9.25. The first-order valence-electron chi connectivity index (χ1n) is 9.09. The van der Waals surface area contributed by atoms with Gasteiger partial charge in [0.05, 0.1) is 5.69 Å². The van der Waals surface area contributed by atoms with Crippen molar-refractivity contribution in [2.24, 2.45) is 0 Å². The molecule has 4 rings (SSSR count). The van der Waals surface area contributed by atoms with Crippen LogP contribution in [0.5, 0.6) is 5.75 Å². The predicted molar refractivity (Wildman–Crippen MR) is 109 cm³/mol. The SMILES string of the molecule is FC(F)(F)Oc1ccc(Nc2cc(-c3ccccc3)nc(-c3ccccc3)n2)cc1. The number of halogens is 3. The van der Waals surface area contributed by atoms with Crippen LogP contribution in [0.2, 0.25) is 0 Å². The van der Waals surface area contributed by atoms with Crippen LogP contribution < -0.4 is 10.1 Å². The van der Waals surface area contributed by atoms with E-state index in [1.54, 1.807) is 6.07 Å². The van der Waals surface area contributed by atoms with Crippen molar-refractivity contribution < 1.29 is 17.9 Å². The van der Waals surface area contributed by atoms with Gasteiger partial charge >= 0.3 is 6.36 Å². The second kappa shape index (κ2) is 8.24. The first-order valence-corrected chi connectivity index (χ1v) is 9.09. The maximum absolute atomic E-state index is 12.3. The zero-order valence-corrected chi connectivity index (χ0v) is 15.6. The highest BCUT2D eigenvalue weighted by Gasteiger charge is 2.30. The van der Waals surface area contributed by atoms with Gasteiger partial charge in [-0.15, -0.1) is 13.2 Å². The van der Waals surface area contributed by atoms with Crippen LogP contribution in [0.25, 0.3) is 22.6 Å². The van der Waals surface area contributed by atoms with Gasteiger partial charge in [0.25, 0.3) is 0 Å². The standard InChI is InChI=1S/C23H16F3N3O/c24-23(25,26)30-19-13-11-18(12-14-19)27-21-15-20(16-7-3-1-4-8-16)28-22(29-21)17-9-5-2-6-10-17/h1-15H,(H,27,28,29). The summed E-state index contributed by atoms with van der Waals surface area (Å²) in [7, 11) is 0. The maximum Gasteiger partial charge on any atom is 0.573 e. The number of benzene rings is 3. The topological polar surface area (TPSA) is 47.0 Å². The van der Waals surface area contributed by atoms with Gasteiger partial charge in [0.1, 0.15) is 11.6 Å². The van der Waals surface area contributed by atoms with Gasteiger partial charge < -0.3 is 10.1 Å². The van der Waals surface area contributed by atoms with Crippen LogP contribution in [-0.4, -0.2) is 16.3 Å². The molecule has 0 bridgehead atoms. The molecular weight excluding hydrogens is 391 g/mol. The summed E-state index contributed by atoms with van der Waals surface area (Å²) < 4.78 is 40.9. The Morgan fingerprint density at radius 1 is 0.700 bits per heavy atom.